The van der Waals surface area contributed by atoms with Crippen molar-refractivity contribution in [2.24, 2.45) is 10.9 Å². The molecule has 1 aromatic heterocycles. The lowest BCUT2D eigenvalue weighted by atomic mass is 10.1. The molecule has 1 amide bonds. The minimum Gasteiger partial charge on any atom is -0.356 e. The second kappa shape index (κ2) is 12.7. The van der Waals surface area contributed by atoms with Crippen molar-refractivity contribution in [3.8, 4) is 0 Å². The normalized spacial score (nSPS) is 16.3. The monoisotopic (exact) mass is 541 g/mol. The molecule has 2 heterocycles. The standard InChI is InChI=1S/C22H28ClN5O.HI/c1-24-22(25-11-9-18-7-8-20(23)26-14-18)27-15-19-13-21(29)28(16-19)12-10-17-5-3-2-4-6-17;/h2-8,14,19H,9-13,15-16H2,1H3,(H2,24,25,27);1H. The molecule has 0 bridgehead atoms. The van der Waals surface area contributed by atoms with Crippen molar-refractivity contribution >= 4 is 47.4 Å². The van der Waals surface area contributed by atoms with Gasteiger partial charge in [-0.15, -0.1) is 24.0 Å². The lowest BCUT2D eigenvalue weighted by molar-refractivity contribution is -0.127. The number of nitrogens with zero attached hydrogens (tertiary/aromatic N) is 3. The van der Waals surface area contributed by atoms with E-state index in [2.05, 4.69) is 32.7 Å². The fourth-order valence-corrected chi connectivity index (χ4v) is 3.57. The maximum atomic E-state index is 12.3. The van der Waals surface area contributed by atoms with E-state index in [9.17, 15) is 4.79 Å². The average molecular weight is 542 g/mol. The maximum absolute atomic E-state index is 12.3. The second-order valence-corrected chi connectivity index (χ2v) is 7.65. The zero-order chi connectivity index (χ0) is 20.5. The maximum Gasteiger partial charge on any atom is 0.223 e. The van der Waals surface area contributed by atoms with Crippen molar-refractivity contribution in [3.63, 3.8) is 0 Å². The zero-order valence-corrected chi connectivity index (χ0v) is 20.3. The molecule has 0 saturated carbocycles. The molecule has 1 aliphatic rings. The number of benzene rings is 1. The minimum atomic E-state index is 0. The van der Waals surface area contributed by atoms with Crippen LogP contribution in [0.15, 0.2) is 53.7 Å². The summed E-state index contributed by atoms with van der Waals surface area (Å²) >= 11 is 5.81. The molecule has 1 saturated heterocycles. The van der Waals surface area contributed by atoms with E-state index >= 15 is 0 Å². The molecule has 0 spiro atoms. The van der Waals surface area contributed by atoms with E-state index in [0.29, 0.717) is 17.5 Å². The van der Waals surface area contributed by atoms with Crippen LogP contribution in [-0.4, -0.2) is 55.0 Å². The zero-order valence-electron chi connectivity index (χ0n) is 17.2. The molecule has 6 nitrogen and oxygen atoms in total. The minimum absolute atomic E-state index is 0. The summed E-state index contributed by atoms with van der Waals surface area (Å²) in [7, 11) is 1.76. The first kappa shape index (κ1) is 24.4. The Morgan fingerprint density at radius 2 is 1.97 bits per heavy atom. The van der Waals surface area contributed by atoms with Crippen molar-refractivity contribution in [1.82, 2.24) is 20.5 Å². The first-order valence-electron chi connectivity index (χ1n) is 10.0. The highest BCUT2D eigenvalue weighted by Crippen LogP contribution is 2.17. The summed E-state index contributed by atoms with van der Waals surface area (Å²) in [4.78, 5) is 22.6. The third-order valence-electron chi connectivity index (χ3n) is 5.08. The number of amides is 1. The van der Waals surface area contributed by atoms with Gasteiger partial charge in [0.2, 0.25) is 5.91 Å². The van der Waals surface area contributed by atoms with E-state index in [1.165, 1.54) is 5.56 Å². The Morgan fingerprint density at radius 1 is 1.17 bits per heavy atom. The van der Waals surface area contributed by atoms with Crippen LogP contribution in [0.2, 0.25) is 5.15 Å². The summed E-state index contributed by atoms with van der Waals surface area (Å²) in [5.41, 5.74) is 2.38. The van der Waals surface area contributed by atoms with Crippen molar-refractivity contribution in [1.29, 1.82) is 0 Å². The molecule has 1 atom stereocenters. The van der Waals surface area contributed by atoms with Crippen LogP contribution in [-0.2, 0) is 17.6 Å². The summed E-state index contributed by atoms with van der Waals surface area (Å²) in [5, 5.41) is 7.15. The fourth-order valence-electron chi connectivity index (χ4n) is 3.46. The van der Waals surface area contributed by atoms with Gasteiger partial charge in [0.25, 0.3) is 0 Å². The average Bonchev–Trinajstić information content (AvgIpc) is 3.10. The Balaban J connectivity index is 0.00000320. The molecule has 8 heteroatoms. The van der Waals surface area contributed by atoms with Gasteiger partial charge in [-0.3, -0.25) is 9.79 Å². The van der Waals surface area contributed by atoms with Crippen molar-refractivity contribution in [2.75, 3.05) is 33.2 Å². The number of carbonyl (C=O) groups is 1. The first-order valence-corrected chi connectivity index (χ1v) is 10.4. The van der Waals surface area contributed by atoms with Gasteiger partial charge in [-0.1, -0.05) is 48.0 Å². The van der Waals surface area contributed by atoms with Crippen molar-refractivity contribution in [2.45, 2.75) is 19.3 Å². The van der Waals surface area contributed by atoms with Crippen molar-refractivity contribution < 1.29 is 4.79 Å². The van der Waals surface area contributed by atoms with Crippen LogP contribution in [0.4, 0.5) is 0 Å². The third kappa shape index (κ3) is 7.75. The molecule has 1 fully saturated rings. The number of aromatic nitrogens is 1. The summed E-state index contributed by atoms with van der Waals surface area (Å²) in [6.45, 7) is 3.05. The van der Waals surface area contributed by atoms with Gasteiger partial charge in [0.05, 0.1) is 0 Å². The molecule has 2 N–H and O–H groups in total. The Hall–Kier alpha value is -1.87. The Morgan fingerprint density at radius 3 is 2.67 bits per heavy atom. The van der Waals surface area contributed by atoms with Gasteiger partial charge >= 0.3 is 0 Å². The van der Waals surface area contributed by atoms with Crippen LogP contribution in [0, 0.1) is 5.92 Å². The summed E-state index contributed by atoms with van der Waals surface area (Å²) in [5.74, 6) is 1.30. The van der Waals surface area contributed by atoms with E-state index in [0.717, 1.165) is 50.5 Å². The number of nitrogens with one attached hydrogen (secondary N) is 2. The summed E-state index contributed by atoms with van der Waals surface area (Å²) < 4.78 is 0. The highest BCUT2D eigenvalue weighted by molar-refractivity contribution is 14.0. The molecule has 162 valence electrons. The predicted octanol–water partition coefficient (Wildman–Crippen LogP) is 3.15. The van der Waals surface area contributed by atoms with Gasteiger partial charge in [-0.2, -0.15) is 0 Å². The number of likely N-dealkylation sites (tertiary alicyclic amines) is 1. The molecule has 0 aliphatic carbocycles. The third-order valence-corrected chi connectivity index (χ3v) is 5.31. The van der Waals surface area contributed by atoms with E-state index in [-0.39, 0.29) is 29.9 Å². The van der Waals surface area contributed by atoms with Crippen LogP contribution in [0.1, 0.15) is 17.5 Å². The second-order valence-electron chi connectivity index (χ2n) is 7.26. The van der Waals surface area contributed by atoms with Gasteiger partial charge < -0.3 is 15.5 Å². The number of hydrogen-bond acceptors (Lipinski definition) is 3. The fraction of sp³-hybridized carbons (Fsp3) is 0.409. The lowest BCUT2D eigenvalue weighted by Gasteiger charge is -2.18. The molecular formula is C22H29ClIN5O. The molecule has 3 rings (SSSR count). The molecule has 1 aliphatic heterocycles. The quantitative estimate of drug-likeness (QED) is 0.233. The molecule has 30 heavy (non-hydrogen) atoms. The highest BCUT2D eigenvalue weighted by atomic mass is 127. The molecule has 2 aromatic rings. The number of pyridine rings is 1. The topological polar surface area (TPSA) is 69.6 Å². The van der Waals surface area contributed by atoms with Crippen LogP contribution < -0.4 is 10.6 Å². The van der Waals surface area contributed by atoms with Gasteiger partial charge in [-0.05, 0) is 30.0 Å². The van der Waals surface area contributed by atoms with Crippen LogP contribution in [0.3, 0.4) is 0 Å². The Kier molecular flexibility index (Phi) is 10.4. The highest BCUT2D eigenvalue weighted by Gasteiger charge is 2.29. The summed E-state index contributed by atoms with van der Waals surface area (Å²) in [6.07, 6.45) is 4.11. The number of rotatable bonds is 8. The van der Waals surface area contributed by atoms with E-state index in [4.69, 9.17) is 11.6 Å². The number of aliphatic imine (C=N–C) groups is 1. The predicted molar refractivity (Wildman–Crippen MR) is 133 cm³/mol. The molecule has 1 aromatic carbocycles. The van der Waals surface area contributed by atoms with Gasteiger partial charge in [0.15, 0.2) is 5.96 Å². The number of hydrogen-bond donors (Lipinski definition) is 2. The number of guanidine groups is 1. The molecule has 1 unspecified atom stereocenters. The molecular weight excluding hydrogens is 513 g/mol. The van der Waals surface area contributed by atoms with E-state index < -0.39 is 0 Å². The van der Waals surface area contributed by atoms with Gasteiger partial charge in [0, 0.05) is 51.8 Å². The molecule has 0 radical (unpaired) electrons. The van der Waals surface area contributed by atoms with Crippen LogP contribution in [0.25, 0.3) is 0 Å². The number of halogens is 2. The van der Waals surface area contributed by atoms with E-state index in [1.54, 1.807) is 19.3 Å². The Labute approximate surface area is 200 Å². The summed E-state index contributed by atoms with van der Waals surface area (Å²) in [6, 6.07) is 14.1. The largest absolute Gasteiger partial charge is 0.356 e. The van der Waals surface area contributed by atoms with Crippen molar-refractivity contribution in [3.05, 3.63) is 64.9 Å². The van der Waals surface area contributed by atoms with Crippen LogP contribution in [0.5, 0.6) is 0 Å². The SMILES string of the molecule is CN=C(NCCc1ccc(Cl)nc1)NCC1CC(=O)N(CCc2ccccc2)C1.I. The smallest absolute Gasteiger partial charge is 0.223 e. The number of carbonyl (C=O) groups excluding carboxylic acids is 1. The van der Waals surface area contributed by atoms with Crippen LogP contribution >= 0.6 is 35.6 Å². The van der Waals surface area contributed by atoms with Gasteiger partial charge in [0.1, 0.15) is 5.15 Å². The Bertz CT molecular complexity index is 816. The van der Waals surface area contributed by atoms with Gasteiger partial charge in [-0.25, -0.2) is 4.98 Å². The van der Waals surface area contributed by atoms with E-state index in [1.807, 2.05) is 29.2 Å². The first-order chi connectivity index (χ1) is 14.1. The lowest BCUT2D eigenvalue weighted by Crippen LogP contribution is -2.41.